The van der Waals surface area contributed by atoms with E-state index in [2.05, 4.69) is 4.74 Å². The lowest BCUT2D eigenvalue weighted by atomic mass is 10.2. The van der Waals surface area contributed by atoms with Crippen molar-refractivity contribution in [3.8, 4) is 0 Å². The van der Waals surface area contributed by atoms with E-state index in [-0.39, 0.29) is 19.1 Å². The summed E-state index contributed by atoms with van der Waals surface area (Å²) < 4.78 is 9.43. The van der Waals surface area contributed by atoms with E-state index in [1.54, 1.807) is 6.92 Å². The smallest absolute Gasteiger partial charge is 0.305 e. The molecule has 1 aliphatic heterocycles. The maximum absolute atomic E-state index is 9.09. The van der Waals surface area contributed by atoms with E-state index >= 15 is 0 Å². The Bertz CT molecular complexity index is 143. The maximum atomic E-state index is 9.09. The van der Waals surface area contributed by atoms with E-state index in [0.717, 1.165) is 0 Å². The Balaban J connectivity index is 2.24. The standard InChI is InChI=1S/C7H14O5/c1-2-6(8)7(9,10)12-4-5-3-11-5/h5-6,8-10H,2-4H2,1H3. The first kappa shape index (κ1) is 9.88. The van der Waals surface area contributed by atoms with Gasteiger partial charge in [-0.3, -0.25) is 0 Å². The first-order valence-corrected chi connectivity index (χ1v) is 3.94. The van der Waals surface area contributed by atoms with Crippen LogP contribution < -0.4 is 0 Å². The first-order chi connectivity index (χ1) is 5.56. The molecule has 0 amide bonds. The highest BCUT2D eigenvalue weighted by Crippen LogP contribution is 2.16. The van der Waals surface area contributed by atoms with Gasteiger partial charge in [-0.15, -0.1) is 0 Å². The molecule has 2 atom stereocenters. The normalized spacial score (nSPS) is 25.5. The van der Waals surface area contributed by atoms with E-state index < -0.39 is 12.1 Å². The quantitative estimate of drug-likeness (QED) is 0.364. The predicted octanol–water partition coefficient (Wildman–Crippen LogP) is -1.19. The summed E-state index contributed by atoms with van der Waals surface area (Å²) in [6.07, 6.45) is -1.11. The van der Waals surface area contributed by atoms with Gasteiger partial charge in [0, 0.05) is 0 Å². The minimum Gasteiger partial charge on any atom is -0.385 e. The molecule has 0 aromatic heterocycles. The van der Waals surface area contributed by atoms with Crippen LogP contribution in [0.15, 0.2) is 0 Å². The summed E-state index contributed by atoms with van der Waals surface area (Å²) in [5, 5.41) is 27.2. The summed E-state index contributed by atoms with van der Waals surface area (Å²) in [7, 11) is 0. The first-order valence-electron chi connectivity index (χ1n) is 3.94. The Morgan fingerprint density at radius 1 is 1.67 bits per heavy atom. The van der Waals surface area contributed by atoms with Crippen LogP contribution in [0.3, 0.4) is 0 Å². The van der Waals surface area contributed by atoms with Gasteiger partial charge >= 0.3 is 5.97 Å². The maximum Gasteiger partial charge on any atom is 0.305 e. The largest absolute Gasteiger partial charge is 0.385 e. The van der Waals surface area contributed by atoms with E-state index in [0.29, 0.717) is 6.61 Å². The van der Waals surface area contributed by atoms with Crippen LogP contribution >= 0.6 is 0 Å². The van der Waals surface area contributed by atoms with Gasteiger partial charge in [0.25, 0.3) is 0 Å². The van der Waals surface area contributed by atoms with Crippen LogP contribution in [0.1, 0.15) is 13.3 Å². The molecule has 1 heterocycles. The van der Waals surface area contributed by atoms with Crippen LogP contribution in [-0.4, -0.2) is 46.7 Å². The second kappa shape index (κ2) is 3.68. The molecule has 0 bridgehead atoms. The topological polar surface area (TPSA) is 82.5 Å². The zero-order valence-electron chi connectivity index (χ0n) is 6.93. The lowest BCUT2D eigenvalue weighted by Crippen LogP contribution is -2.45. The number of ether oxygens (including phenoxy) is 2. The Kier molecular flexibility index (Phi) is 3.03. The van der Waals surface area contributed by atoms with Crippen molar-refractivity contribution in [1.29, 1.82) is 0 Å². The summed E-state index contributed by atoms with van der Waals surface area (Å²) in [5.74, 6) is -2.44. The van der Waals surface area contributed by atoms with Gasteiger partial charge in [-0.25, -0.2) is 0 Å². The van der Waals surface area contributed by atoms with Gasteiger partial charge in [-0.2, -0.15) is 0 Å². The summed E-state index contributed by atoms with van der Waals surface area (Å²) in [5.41, 5.74) is 0. The molecule has 0 aromatic carbocycles. The molecule has 1 saturated heterocycles. The van der Waals surface area contributed by atoms with Crippen molar-refractivity contribution in [3.05, 3.63) is 0 Å². The van der Waals surface area contributed by atoms with Crippen molar-refractivity contribution in [1.82, 2.24) is 0 Å². The lowest BCUT2D eigenvalue weighted by molar-refractivity contribution is -0.377. The molecule has 0 aliphatic carbocycles. The number of rotatable bonds is 5. The lowest BCUT2D eigenvalue weighted by Gasteiger charge is -2.25. The van der Waals surface area contributed by atoms with Crippen molar-refractivity contribution >= 4 is 0 Å². The second-order valence-corrected chi connectivity index (χ2v) is 2.85. The molecule has 1 rings (SSSR count). The molecule has 72 valence electrons. The second-order valence-electron chi connectivity index (χ2n) is 2.85. The average Bonchev–Trinajstić information content (AvgIpc) is 2.82. The van der Waals surface area contributed by atoms with Crippen LogP contribution in [0.4, 0.5) is 0 Å². The van der Waals surface area contributed by atoms with Crippen LogP contribution in [0.2, 0.25) is 0 Å². The van der Waals surface area contributed by atoms with Gasteiger partial charge < -0.3 is 24.8 Å². The Morgan fingerprint density at radius 2 is 2.25 bits per heavy atom. The Morgan fingerprint density at radius 3 is 2.67 bits per heavy atom. The minimum atomic E-state index is -2.44. The number of hydrogen-bond acceptors (Lipinski definition) is 5. The van der Waals surface area contributed by atoms with Crippen molar-refractivity contribution in [3.63, 3.8) is 0 Å². The molecule has 2 unspecified atom stereocenters. The highest BCUT2D eigenvalue weighted by Gasteiger charge is 2.36. The van der Waals surface area contributed by atoms with E-state index in [9.17, 15) is 0 Å². The van der Waals surface area contributed by atoms with Gasteiger partial charge in [0.05, 0.1) is 13.2 Å². The molecule has 0 spiro atoms. The van der Waals surface area contributed by atoms with Crippen molar-refractivity contribution in [2.45, 2.75) is 31.5 Å². The van der Waals surface area contributed by atoms with Crippen LogP contribution in [0, 0.1) is 0 Å². The van der Waals surface area contributed by atoms with Gasteiger partial charge in [0.1, 0.15) is 12.2 Å². The summed E-state index contributed by atoms with van der Waals surface area (Å²) >= 11 is 0. The molecule has 5 heteroatoms. The number of aliphatic hydroxyl groups is 3. The monoisotopic (exact) mass is 178 g/mol. The van der Waals surface area contributed by atoms with Gasteiger partial charge in [-0.05, 0) is 6.42 Å². The highest BCUT2D eigenvalue weighted by atomic mass is 16.8. The molecule has 3 N–H and O–H groups in total. The Hall–Kier alpha value is -0.200. The summed E-state index contributed by atoms with van der Waals surface area (Å²) in [4.78, 5) is 0. The van der Waals surface area contributed by atoms with Crippen LogP contribution in [-0.2, 0) is 9.47 Å². The summed E-state index contributed by atoms with van der Waals surface area (Å²) in [6, 6.07) is 0. The molecule has 0 aromatic rings. The Labute approximate surface area is 70.5 Å². The minimum absolute atomic E-state index is 0.0484. The van der Waals surface area contributed by atoms with E-state index in [1.165, 1.54) is 0 Å². The third-order valence-corrected chi connectivity index (χ3v) is 1.70. The average molecular weight is 178 g/mol. The van der Waals surface area contributed by atoms with Crippen molar-refractivity contribution in [2.24, 2.45) is 0 Å². The molecule has 12 heavy (non-hydrogen) atoms. The zero-order valence-corrected chi connectivity index (χ0v) is 6.93. The third-order valence-electron chi connectivity index (χ3n) is 1.70. The SMILES string of the molecule is CCC(O)C(O)(O)OCC1CO1. The third kappa shape index (κ3) is 2.69. The molecule has 1 aliphatic rings. The van der Waals surface area contributed by atoms with E-state index in [1.807, 2.05) is 0 Å². The fraction of sp³-hybridized carbons (Fsp3) is 1.00. The predicted molar refractivity (Wildman–Crippen MR) is 39.2 cm³/mol. The number of hydrogen-bond donors (Lipinski definition) is 3. The number of aliphatic hydroxyl groups excluding tert-OH is 1. The van der Waals surface area contributed by atoms with Gasteiger partial charge in [0.15, 0.2) is 0 Å². The van der Waals surface area contributed by atoms with Gasteiger partial charge in [0.2, 0.25) is 0 Å². The van der Waals surface area contributed by atoms with Crippen molar-refractivity contribution < 1.29 is 24.8 Å². The molecular formula is C7H14O5. The molecule has 5 nitrogen and oxygen atoms in total. The molecule has 1 fully saturated rings. The number of epoxide rings is 1. The fourth-order valence-corrected chi connectivity index (χ4v) is 0.742. The molecule has 0 saturated carbocycles. The summed E-state index contributed by atoms with van der Waals surface area (Å²) in [6.45, 7) is 2.31. The van der Waals surface area contributed by atoms with Crippen LogP contribution in [0.5, 0.6) is 0 Å². The zero-order chi connectivity index (χ0) is 9.19. The fourth-order valence-electron chi connectivity index (χ4n) is 0.742. The van der Waals surface area contributed by atoms with E-state index in [4.69, 9.17) is 20.1 Å². The van der Waals surface area contributed by atoms with Crippen LogP contribution in [0.25, 0.3) is 0 Å². The molecule has 0 radical (unpaired) electrons. The highest BCUT2D eigenvalue weighted by molar-refractivity contribution is 4.70. The van der Waals surface area contributed by atoms with Gasteiger partial charge in [-0.1, -0.05) is 6.92 Å². The van der Waals surface area contributed by atoms with Crippen molar-refractivity contribution in [2.75, 3.05) is 13.2 Å². The molecular weight excluding hydrogens is 164 g/mol.